The maximum absolute atomic E-state index is 15.6. The van der Waals surface area contributed by atoms with Gasteiger partial charge in [0.1, 0.15) is 36.1 Å². The molecule has 11 rings (SSSR count). The summed E-state index contributed by atoms with van der Waals surface area (Å²) in [6.45, 7) is 19.6. The van der Waals surface area contributed by atoms with Gasteiger partial charge in [-0.2, -0.15) is 28.2 Å². The Morgan fingerprint density at radius 2 is 1.68 bits per heavy atom. The smallest absolute Gasteiger partial charge is 0.417 e. The molecule has 3 aliphatic rings. The van der Waals surface area contributed by atoms with Crippen LogP contribution in [0.2, 0.25) is 0 Å². The highest BCUT2D eigenvalue weighted by atomic mass is 19.4. The lowest BCUT2D eigenvalue weighted by Gasteiger charge is -2.30. The van der Waals surface area contributed by atoms with Crippen LogP contribution >= 0.6 is 0 Å². The summed E-state index contributed by atoms with van der Waals surface area (Å²) < 4.78 is 82.1. The number of anilines is 1. The van der Waals surface area contributed by atoms with Gasteiger partial charge < -0.3 is 39.8 Å². The van der Waals surface area contributed by atoms with E-state index in [1.165, 1.54) is 32.0 Å². The predicted octanol–water partition coefficient (Wildman–Crippen LogP) is 11.1. The number of methoxy groups -OCH3 is 1. The fourth-order valence-electron chi connectivity index (χ4n) is 10.6. The quantitative estimate of drug-likeness (QED) is 0.0465. The van der Waals surface area contributed by atoms with Crippen molar-refractivity contribution in [2.24, 2.45) is 5.92 Å². The molecule has 85 heavy (non-hydrogen) atoms. The lowest BCUT2D eigenvalue weighted by molar-refractivity contribution is -0.137. The molecule has 2 amide bonds. The summed E-state index contributed by atoms with van der Waals surface area (Å²) in [5.41, 5.74) is 5.12. The summed E-state index contributed by atoms with van der Waals surface area (Å²) in [4.78, 5) is 38.2. The zero-order valence-electron chi connectivity index (χ0n) is 49.7. The van der Waals surface area contributed by atoms with E-state index in [2.05, 4.69) is 63.8 Å². The summed E-state index contributed by atoms with van der Waals surface area (Å²) >= 11 is 0. The van der Waals surface area contributed by atoms with E-state index in [9.17, 15) is 14.7 Å². The molecule has 22 heteroatoms. The van der Waals surface area contributed by atoms with Crippen molar-refractivity contribution in [1.29, 1.82) is 0 Å². The number of aromatic amines is 1. The third-order valence-corrected chi connectivity index (χ3v) is 15.9. The number of fused-ring (bicyclic) bond motifs is 4. The van der Waals surface area contributed by atoms with Crippen LogP contribution in [0.15, 0.2) is 91.4 Å². The summed E-state index contributed by atoms with van der Waals surface area (Å²) in [6, 6.07) is 21.7. The number of aliphatic hydroxyl groups excluding tert-OH is 1. The molecule has 7 heterocycles. The van der Waals surface area contributed by atoms with Gasteiger partial charge in [0.25, 0.3) is 0 Å². The van der Waals surface area contributed by atoms with Gasteiger partial charge in [-0.1, -0.05) is 87.5 Å². The fraction of sp³-hybridized carbons (Fsp3) is 0.429. The number of aromatic nitrogens is 8. The highest BCUT2D eigenvalue weighted by Crippen LogP contribution is 2.51. The van der Waals surface area contributed by atoms with Crippen LogP contribution in [0.5, 0.6) is 11.8 Å². The molecule has 452 valence electrons. The van der Waals surface area contributed by atoms with Gasteiger partial charge in [-0.25, -0.2) is 9.07 Å². The summed E-state index contributed by atoms with van der Waals surface area (Å²) in [5, 5.41) is 31.1. The third kappa shape index (κ3) is 14.4. The molecule has 4 aromatic heterocycles. The van der Waals surface area contributed by atoms with Crippen molar-refractivity contribution in [3.05, 3.63) is 125 Å². The number of nitrogens with zero attached hydrogens (tertiary/aromatic N) is 9. The van der Waals surface area contributed by atoms with E-state index in [0.717, 1.165) is 53.4 Å². The number of aryl methyl sites for hydroxylation is 1. The van der Waals surface area contributed by atoms with Gasteiger partial charge in [0.05, 0.1) is 48.3 Å². The topological polar surface area (TPSA) is 211 Å². The van der Waals surface area contributed by atoms with Crippen molar-refractivity contribution in [3.8, 4) is 45.3 Å². The zero-order chi connectivity index (χ0) is 61.1. The fourth-order valence-corrected chi connectivity index (χ4v) is 10.6. The highest BCUT2D eigenvalue weighted by molar-refractivity contribution is 6.06. The van der Waals surface area contributed by atoms with E-state index in [4.69, 9.17) is 24.2 Å². The Morgan fingerprint density at radius 1 is 0.941 bits per heavy atom. The molecule has 2 bridgehead atoms. The van der Waals surface area contributed by atoms with Gasteiger partial charge in [0, 0.05) is 89.8 Å². The lowest BCUT2D eigenvalue weighted by Crippen LogP contribution is -2.44. The third-order valence-electron chi connectivity index (χ3n) is 15.9. The number of pyridine rings is 1. The minimum atomic E-state index is -4.89. The van der Waals surface area contributed by atoms with Crippen molar-refractivity contribution in [2.45, 2.75) is 131 Å². The number of halogens is 4. The average molecular weight is 1170 g/mol. The Balaban J connectivity index is 0.000000265. The molecular formula is C63H76F4N12O6. The molecule has 0 radical (unpaired) electrons. The van der Waals surface area contributed by atoms with Gasteiger partial charge in [-0.15, -0.1) is 5.10 Å². The van der Waals surface area contributed by atoms with Crippen molar-refractivity contribution >= 4 is 40.4 Å². The largest absolute Gasteiger partial charge is 0.486 e. The van der Waals surface area contributed by atoms with Crippen LogP contribution in [-0.2, 0) is 27.1 Å². The normalized spacial score (nSPS) is 17.3. The van der Waals surface area contributed by atoms with Gasteiger partial charge in [0.2, 0.25) is 12.8 Å². The van der Waals surface area contributed by atoms with Crippen molar-refractivity contribution < 1.29 is 46.5 Å². The molecule has 0 spiro atoms. The van der Waals surface area contributed by atoms with E-state index in [-0.39, 0.29) is 95.0 Å². The number of hydrogen-bond donors (Lipinski definition) is 4. The van der Waals surface area contributed by atoms with E-state index in [1.807, 2.05) is 109 Å². The second-order valence-electron chi connectivity index (χ2n) is 21.7. The van der Waals surface area contributed by atoms with Crippen molar-refractivity contribution in [2.75, 3.05) is 44.9 Å². The Hall–Kier alpha value is -8.08. The summed E-state index contributed by atoms with van der Waals surface area (Å²) in [5.74, 6) is -0.217. The first-order valence-corrected chi connectivity index (χ1v) is 28.8. The molecule has 4 aromatic carbocycles. The van der Waals surface area contributed by atoms with Crippen LogP contribution in [0.25, 0.3) is 55.3 Å². The number of carbonyl (C=O) groups is 2. The molecule has 8 aromatic rings. The Kier molecular flexibility index (Phi) is 20.9. The van der Waals surface area contributed by atoms with Crippen LogP contribution in [0.4, 0.5) is 23.4 Å². The number of ether oxygens (including phenoxy) is 3. The Labute approximate surface area is 492 Å². The number of H-pyrrole nitrogens is 1. The number of carbonyl (C=O) groups excluding carboxylic acids is 2. The first-order valence-electron chi connectivity index (χ1n) is 28.8. The molecule has 4 N–H and O–H groups in total. The van der Waals surface area contributed by atoms with Gasteiger partial charge >= 0.3 is 12.2 Å². The Bertz CT molecular complexity index is 3520. The number of benzene rings is 4. The van der Waals surface area contributed by atoms with Crippen LogP contribution in [0.3, 0.4) is 0 Å². The molecule has 3 saturated heterocycles. The molecule has 6 atom stereocenters. The molecule has 5 unspecified atom stereocenters. The zero-order valence-corrected chi connectivity index (χ0v) is 49.7. The van der Waals surface area contributed by atoms with Gasteiger partial charge in [0.15, 0.2) is 5.75 Å². The first-order chi connectivity index (χ1) is 40.9. The average Bonchev–Trinajstić information content (AvgIpc) is 2.03. The SMILES string of the molecule is CC.CC1CCCN1C=O.CO[C@@H](C)COc1nc(N2CC3CC2CN3)c2cc(C(F)(F)F)c(-c3c(C)c(F)cc4[nH]ncc34)c(OCc3ccc(-c4cn(C(C)C(C)C)nn4)cc3)c2n1.Cc1ncccc1-c1ccc(C(CO)NC=O)cc1. The number of piperazine rings is 1. The molecular weight excluding hydrogens is 1100 g/mol. The van der Waals surface area contributed by atoms with E-state index in [1.54, 1.807) is 13.3 Å². The maximum Gasteiger partial charge on any atom is 0.417 e. The second-order valence-corrected chi connectivity index (χ2v) is 21.7. The molecule has 0 aliphatic carbocycles. The van der Waals surface area contributed by atoms with Crippen LogP contribution in [0.1, 0.15) is 108 Å². The number of amides is 2. The number of hydrogen-bond acceptors (Lipinski definition) is 14. The Morgan fingerprint density at radius 3 is 2.28 bits per heavy atom. The monoisotopic (exact) mass is 1170 g/mol. The standard InChI is InChI=1S/C40H43F4N9O3.C15H16N2O2.C6H11NO.C2H6/c1-20(2)23(5)53-17-33(50-51-53)25-9-7-24(8-10-25)19-55-37-35(34-22(4)31(41)13-32-29(34)15-46-49-32)30(40(42,43)44)12-28-36(37)47-39(56-18-21(3)54-6)48-38(28)52-16-26-11-27(52)14-45-26;1-11-14(3-2-8-16-11)12-4-6-13(7-5-12)15(9-18)17-10-19;1-6-3-2-4-7(6)5-8;1-2/h7-10,12-13,15,17,20-21,23,26-27,45H,11,14,16,18-19H2,1-6H3,(H,46,49);2-8,10,15,18H,9H2,1H3,(H,17,19);5-6H,2-4H2,1H3;1-2H3/t21-,23?,26?,27?;;;/m0.../s1. The number of likely N-dealkylation sites (tertiary alicyclic amines) is 1. The van der Waals surface area contributed by atoms with E-state index < -0.39 is 17.6 Å². The van der Waals surface area contributed by atoms with Crippen molar-refractivity contribution in [1.82, 2.24) is 55.7 Å². The summed E-state index contributed by atoms with van der Waals surface area (Å²) in [6.07, 6.45) is 4.55. The predicted molar refractivity (Wildman–Crippen MR) is 319 cm³/mol. The number of aliphatic hydroxyl groups is 1. The molecule has 3 aliphatic heterocycles. The minimum Gasteiger partial charge on any atom is -0.486 e. The highest BCUT2D eigenvalue weighted by Gasteiger charge is 2.42. The van der Waals surface area contributed by atoms with Crippen LogP contribution < -0.4 is 25.0 Å². The molecule has 3 fully saturated rings. The molecule has 0 saturated carbocycles. The van der Waals surface area contributed by atoms with Gasteiger partial charge in [-0.05, 0) is 100 Å². The van der Waals surface area contributed by atoms with Crippen molar-refractivity contribution in [3.63, 3.8) is 0 Å². The van der Waals surface area contributed by atoms with E-state index in [0.29, 0.717) is 53.9 Å². The number of nitrogens with one attached hydrogen (secondary N) is 3. The van der Waals surface area contributed by atoms with Crippen LogP contribution in [-0.4, -0.2) is 127 Å². The van der Waals surface area contributed by atoms with E-state index >= 15 is 17.6 Å². The molecule has 18 nitrogen and oxygen atoms in total. The second kappa shape index (κ2) is 28.2. The lowest BCUT2D eigenvalue weighted by atomic mass is 9.90. The maximum atomic E-state index is 15.6. The number of alkyl halides is 3. The van der Waals surface area contributed by atoms with Gasteiger partial charge in [-0.3, -0.25) is 19.7 Å². The summed E-state index contributed by atoms with van der Waals surface area (Å²) in [7, 11) is 1.55. The minimum absolute atomic E-state index is 0.000356. The first kappa shape index (κ1) is 63.0. The number of rotatable bonds is 18. The van der Waals surface area contributed by atoms with Crippen LogP contribution in [0, 0.1) is 25.6 Å².